The highest BCUT2D eigenvalue weighted by molar-refractivity contribution is 6.34. The summed E-state index contributed by atoms with van der Waals surface area (Å²) in [5.41, 5.74) is 0.768. The van der Waals surface area contributed by atoms with E-state index in [4.69, 9.17) is 20.8 Å². The van der Waals surface area contributed by atoms with Crippen LogP contribution in [-0.2, 0) is 4.74 Å². The molecule has 104 valence electrons. The quantitative estimate of drug-likeness (QED) is 0.774. The third-order valence-electron chi connectivity index (χ3n) is 3.19. The smallest absolute Gasteiger partial charge is 0.152 e. The molecule has 2 aromatic rings. The van der Waals surface area contributed by atoms with Crippen LogP contribution in [0.25, 0.3) is 11.0 Å². The number of hydrogen-bond donors (Lipinski definition) is 1. The van der Waals surface area contributed by atoms with Crippen molar-refractivity contribution < 1.29 is 9.15 Å². The molecule has 1 aromatic heterocycles. The Hall–Kier alpha value is -1.03. The van der Waals surface area contributed by atoms with Crippen molar-refractivity contribution in [3.05, 3.63) is 35.0 Å². The molecule has 0 amide bonds. The van der Waals surface area contributed by atoms with Crippen molar-refractivity contribution in [2.24, 2.45) is 0 Å². The van der Waals surface area contributed by atoms with Crippen molar-refractivity contribution in [1.29, 1.82) is 0 Å². The molecule has 0 fully saturated rings. The monoisotopic (exact) mass is 281 g/mol. The lowest BCUT2D eigenvalue weighted by Gasteiger charge is -2.13. The maximum absolute atomic E-state index is 6.13. The number of furan rings is 1. The molecule has 4 heteroatoms. The van der Waals surface area contributed by atoms with Crippen molar-refractivity contribution in [2.75, 3.05) is 20.3 Å². The number of hydrogen-bond acceptors (Lipinski definition) is 3. The predicted octanol–water partition coefficient (Wildman–Crippen LogP) is 4.16. The molecular formula is C15H20ClNO2. The molecule has 1 N–H and O–H groups in total. The van der Waals surface area contributed by atoms with Gasteiger partial charge in [-0.1, -0.05) is 23.7 Å². The molecule has 1 aromatic carbocycles. The molecule has 0 spiro atoms. The number of rotatable bonds is 7. The van der Waals surface area contributed by atoms with Crippen LogP contribution in [-0.4, -0.2) is 20.3 Å². The van der Waals surface area contributed by atoms with Gasteiger partial charge in [-0.3, -0.25) is 0 Å². The summed E-state index contributed by atoms with van der Waals surface area (Å²) in [6.45, 7) is 3.57. The molecule has 0 saturated carbocycles. The van der Waals surface area contributed by atoms with Crippen LogP contribution in [0.3, 0.4) is 0 Å². The van der Waals surface area contributed by atoms with E-state index in [2.05, 4.69) is 11.4 Å². The normalized spacial score (nSPS) is 13.0. The highest BCUT2D eigenvalue weighted by Gasteiger charge is 2.15. The van der Waals surface area contributed by atoms with E-state index in [1.54, 1.807) is 0 Å². The third-order valence-corrected chi connectivity index (χ3v) is 3.49. The minimum absolute atomic E-state index is 0.198. The van der Waals surface area contributed by atoms with Crippen molar-refractivity contribution in [2.45, 2.75) is 25.8 Å². The highest BCUT2D eigenvalue weighted by Crippen LogP contribution is 2.30. The zero-order chi connectivity index (χ0) is 13.7. The van der Waals surface area contributed by atoms with E-state index in [1.165, 1.54) is 0 Å². The Morgan fingerprint density at radius 1 is 1.42 bits per heavy atom. The number of para-hydroxylation sites is 1. The van der Waals surface area contributed by atoms with E-state index < -0.39 is 0 Å². The van der Waals surface area contributed by atoms with Gasteiger partial charge in [-0.05, 0) is 38.9 Å². The molecule has 1 atom stereocenters. The number of fused-ring (bicyclic) bond motifs is 1. The van der Waals surface area contributed by atoms with Gasteiger partial charge in [-0.25, -0.2) is 0 Å². The minimum Gasteiger partial charge on any atom is -0.458 e. The van der Waals surface area contributed by atoms with E-state index in [0.29, 0.717) is 5.02 Å². The number of nitrogens with one attached hydrogen (secondary N) is 1. The van der Waals surface area contributed by atoms with Crippen LogP contribution >= 0.6 is 11.6 Å². The summed E-state index contributed by atoms with van der Waals surface area (Å²) in [5.74, 6) is 0.932. The molecule has 0 aliphatic rings. The van der Waals surface area contributed by atoms with E-state index in [0.717, 1.165) is 42.8 Å². The Morgan fingerprint density at radius 2 is 2.26 bits per heavy atom. The van der Waals surface area contributed by atoms with Gasteiger partial charge in [0.1, 0.15) is 5.76 Å². The van der Waals surface area contributed by atoms with Crippen LogP contribution in [0.2, 0.25) is 5.02 Å². The van der Waals surface area contributed by atoms with Crippen molar-refractivity contribution in [3.8, 4) is 0 Å². The van der Waals surface area contributed by atoms with Crippen LogP contribution in [0, 0.1) is 0 Å². The first kappa shape index (κ1) is 14.4. The summed E-state index contributed by atoms with van der Waals surface area (Å²) in [7, 11) is 1.94. The SMILES string of the molecule is CCOCCCC(NC)c1cc2cccc(Cl)c2o1. The minimum atomic E-state index is 0.198. The lowest BCUT2D eigenvalue weighted by atomic mass is 10.1. The second kappa shape index (κ2) is 6.94. The van der Waals surface area contributed by atoms with Crippen molar-refractivity contribution in [1.82, 2.24) is 5.32 Å². The topological polar surface area (TPSA) is 34.4 Å². The Balaban J connectivity index is 2.10. The Morgan fingerprint density at radius 3 is 2.95 bits per heavy atom. The van der Waals surface area contributed by atoms with Gasteiger partial charge in [-0.2, -0.15) is 0 Å². The second-order valence-electron chi connectivity index (χ2n) is 4.49. The second-order valence-corrected chi connectivity index (χ2v) is 4.89. The highest BCUT2D eigenvalue weighted by atomic mass is 35.5. The molecule has 0 aliphatic heterocycles. The van der Waals surface area contributed by atoms with Gasteiger partial charge in [0.2, 0.25) is 0 Å². The van der Waals surface area contributed by atoms with Crippen LogP contribution in [0.5, 0.6) is 0 Å². The summed E-state index contributed by atoms with van der Waals surface area (Å²) in [6.07, 6.45) is 1.98. The summed E-state index contributed by atoms with van der Waals surface area (Å²) < 4.78 is 11.2. The van der Waals surface area contributed by atoms with Gasteiger partial charge in [-0.15, -0.1) is 0 Å². The summed E-state index contributed by atoms with van der Waals surface area (Å²) >= 11 is 6.13. The molecule has 1 unspecified atom stereocenters. The predicted molar refractivity (Wildman–Crippen MR) is 78.8 cm³/mol. The maximum atomic E-state index is 6.13. The van der Waals surface area contributed by atoms with Crippen LogP contribution < -0.4 is 5.32 Å². The van der Waals surface area contributed by atoms with Gasteiger partial charge in [0.25, 0.3) is 0 Å². The molecule has 1 heterocycles. The molecule has 2 rings (SSSR count). The average molecular weight is 282 g/mol. The zero-order valence-electron chi connectivity index (χ0n) is 11.4. The fourth-order valence-corrected chi connectivity index (χ4v) is 2.40. The molecule has 3 nitrogen and oxygen atoms in total. The molecular weight excluding hydrogens is 262 g/mol. The van der Waals surface area contributed by atoms with Crippen LogP contribution in [0.15, 0.2) is 28.7 Å². The average Bonchev–Trinajstić information content (AvgIpc) is 2.84. The summed E-state index contributed by atoms with van der Waals surface area (Å²) in [5, 5.41) is 4.99. The molecule has 0 bridgehead atoms. The van der Waals surface area contributed by atoms with Gasteiger partial charge >= 0.3 is 0 Å². The summed E-state index contributed by atoms with van der Waals surface area (Å²) in [4.78, 5) is 0. The molecule has 0 saturated heterocycles. The van der Waals surface area contributed by atoms with E-state index in [9.17, 15) is 0 Å². The molecule has 0 aliphatic carbocycles. The fourth-order valence-electron chi connectivity index (χ4n) is 2.18. The lowest BCUT2D eigenvalue weighted by molar-refractivity contribution is 0.140. The third kappa shape index (κ3) is 3.50. The van der Waals surface area contributed by atoms with Gasteiger partial charge in [0, 0.05) is 18.6 Å². The van der Waals surface area contributed by atoms with E-state index in [-0.39, 0.29) is 6.04 Å². The van der Waals surface area contributed by atoms with E-state index in [1.807, 2.05) is 32.2 Å². The first-order valence-corrected chi connectivity index (χ1v) is 7.07. The fraction of sp³-hybridized carbons (Fsp3) is 0.467. The van der Waals surface area contributed by atoms with E-state index >= 15 is 0 Å². The van der Waals surface area contributed by atoms with Crippen LogP contribution in [0.4, 0.5) is 0 Å². The van der Waals surface area contributed by atoms with Crippen molar-refractivity contribution in [3.63, 3.8) is 0 Å². The number of halogens is 1. The largest absolute Gasteiger partial charge is 0.458 e. The van der Waals surface area contributed by atoms with Gasteiger partial charge < -0.3 is 14.5 Å². The summed E-state index contributed by atoms with van der Waals surface area (Å²) in [6, 6.07) is 8.06. The first-order valence-electron chi connectivity index (χ1n) is 6.69. The maximum Gasteiger partial charge on any atom is 0.152 e. The van der Waals surface area contributed by atoms with Gasteiger partial charge in [0.15, 0.2) is 5.58 Å². The zero-order valence-corrected chi connectivity index (χ0v) is 12.2. The standard InChI is InChI=1S/C15H20ClNO2/c1-3-18-9-5-8-13(17-2)14-10-11-6-4-7-12(16)15(11)19-14/h4,6-7,10,13,17H,3,5,8-9H2,1-2H3. The Kier molecular flexibility index (Phi) is 5.25. The van der Waals surface area contributed by atoms with Crippen LogP contribution in [0.1, 0.15) is 31.6 Å². The number of benzene rings is 1. The molecule has 19 heavy (non-hydrogen) atoms. The number of ether oxygens (including phenoxy) is 1. The molecule has 0 radical (unpaired) electrons. The first-order chi connectivity index (χ1) is 9.26. The lowest BCUT2D eigenvalue weighted by Crippen LogP contribution is -2.16. The Labute approximate surface area is 118 Å². The van der Waals surface area contributed by atoms with Crippen molar-refractivity contribution >= 4 is 22.6 Å². The van der Waals surface area contributed by atoms with Gasteiger partial charge in [0.05, 0.1) is 11.1 Å². The Bertz CT molecular complexity index is 524.